The Labute approximate surface area is 136 Å². The number of rotatable bonds is 6. The van der Waals surface area contributed by atoms with Crippen LogP contribution in [0.4, 0.5) is 0 Å². The van der Waals surface area contributed by atoms with Crippen LogP contribution in [-0.4, -0.2) is 46.7 Å². The summed E-state index contributed by atoms with van der Waals surface area (Å²) in [6.07, 6.45) is 3.44. The Bertz CT molecular complexity index is 715. The van der Waals surface area contributed by atoms with Crippen LogP contribution in [0.3, 0.4) is 0 Å². The second kappa shape index (κ2) is 6.72. The third-order valence-electron chi connectivity index (χ3n) is 4.94. The van der Waals surface area contributed by atoms with E-state index in [4.69, 9.17) is 5.73 Å². The second-order valence-corrected chi connectivity index (χ2v) is 6.31. The molecule has 0 unspecified atom stereocenters. The van der Waals surface area contributed by atoms with E-state index in [1.54, 1.807) is 6.07 Å². The van der Waals surface area contributed by atoms with Crippen molar-refractivity contribution in [2.75, 3.05) is 26.2 Å². The number of hydrogen-bond acceptors (Lipinski definition) is 3. The third-order valence-corrected chi connectivity index (χ3v) is 4.94. The number of aromatic nitrogens is 1. The SMILES string of the molecule is Cc1c(CCN2CCCC2)c2c(C(=O)O)cccc2n1CCN. The fourth-order valence-electron chi connectivity index (χ4n) is 3.78. The molecule has 1 aliphatic heterocycles. The number of benzene rings is 1. The van der Waals surface area contributed by atoms with Crippen LogP contribution in [0.25, 0.3) is 10.9 Å². The van der Waals surface area contributed by atoms with Crippen molar-refractivity contribution in [1.29, 1.82) is 0 Å². The fraction of sp³-hybridized carbons (Fsp3) is 0.500. The minimum atomic E-state index is -0.858. The largest absolute Gasteiger partial charge is 0.478 e. The standard InChI is InChI=1S/C18H25N3O2/c1-13-14(7-11-20-9-2-3-10-20)17-15(18(22)23)5-4-6-16(17)21(13)12-8-19/h4-6H,2-3,7-12,19H2,1H3,(H,22,23). The molecule has 0 aliphatic carbocycles. The third kappa shape index (κ3) is 2.99. The Morgan fingerprint density at radius 3 is 2.65 bits per heavy atom. The zero-order valence-corrected chi connectivity index (χ0v) is 13.7. The van der Waals surface area contributed by atoms with Gasteiger partial charge in [0, 0.05) is 36.2 Å². The summed E-state index contributed by atoms with van der Waals surface area (Å²) < 4.78 is 2.17. The smallest absolute Gasteiger partial charge is 0.336 e. The molecule has 0 amide bonds. The molecule has 0 radical (unpaired) electrons. The lowest BCUT2D eigenvalue weighted by molar-refractivity contribution is 0.0699. The molecule has 0 spiro atoms. The minimum Gasteiger partial charge on any atom is -0.478 e. The van der Waals surface area contributed by atoms with E-state index >= 15 is 0 Å². The zero-order chi connectivity index (χ0) is 16.4. The predicted octanol–water partition coefficient (Wildman–Crippen LogP) is 2.24. The molecule has 124 valence electrons. The van der Waals surface area contributed by atoms with Crippen molar-refractivity contribution in [2.45, 2.75) is 32.7 Å². The molecule has 3 rings (SSSR count). The average molecular weight is 315 g/mol. The Kier molecular flexibility index (Phi) is 4.68. The van der Waals surface area contributed by atoms with Gasteiger partial charge in [-0.25, -0.2) is 4.79 Å². The Balaban J connectivity index is 2.05. The van der Waals surface area contributed by atoms with Crippen molar-refractivity contribution in [1.82, 2.24) is 9.47 Å². The number of hydrogen-bond donors (Lipinski definition) is 2. The number of carboxylic acids is 1. The van der Waals surface area contributed by atoms with Gasteiger partial charge in [-0.3, -0.25) is 0 Å². The van der Waals surface area contributed by atoms with Crippen molar-refractivity contribution in [3.63, 3.8) is 0 Å². The minimum absolute atomic E-state index is 0.401. The molecule has 1 saturated heterocycles. The van der Waals surface area contributed by atoms with Gasteiger partial charge in [0.05, 0.1) is 5.56 Å². The second-order valence-electron chi connectivity index (χ2n) is 6.31. The maximum Gasteiger partial charge on any atom is 0.336 e. The first-order chi connectivity index (χ1) is 11.1. The van der Waals surface area contributed by atoms with Gasteiger partial charge in [0.15, 0.2) is 0 Å². The highest BCUT2D eigenvalue weighted by atomic mass is 16.4. The van der Waals surface area contributed by atoms with Gasteiger partial charge in [-0.15, -0.1) is 0 Å². The van der Waals surface area contributed by atoms with E-state index < -0.39 is 5.97 Å². The lowest BCUT2D eigenvalue weighted by Gasteiger charge is -2.14. The molecular weight excluding hydrogens is 290 g/mol. The quantitative estimate of drug-likeness (QED) is 0.857. The maximum absolute atomic E-state index is 11.7. The molecule has 2 heterocycles. The van der Waals surface area contributed by atoms with Crippen molar-refractivity contribution >= 4 is 16.9 Å². The first-order valence-electron chi connectivity index (χ1n) is 8.40. The zero-order valence-electron chi connectivity index (χ0n) is 13.7. The van der Waals surface area contributed by atoms with E-state index in [0.717, 1.165) is 49.2 Å². The number of fused-ring (bicyclic) bond motifs is 1. The molecule has 1 aromatic carbocycles. The van der Waals surface area contributed by atoms with E-state index in [9.17, 15) is 9.90 Å². The normalized spacial score (nSPS) is 15.6. The molecule has 1 aromatic heterocycles. The number of nitrogens with two attached hydrogens (primary N) is 1. The Morgan fingerprint density at radius 2 is 2.00 bits per heavy atom. The number of aromatic carboxylic acids is 1. The van der Waals surface area contributed by atoms with Crippen LogP contribution in [-0.2, 0) is 13.0 Å². The fourth-order valence-corrected chi connectivity index (χ4v) is 3.78. The topological polar surface area (TPSA) is 71.5 Å². The molecule has 1 aliphatic rings. The van der Waals surface area contributed by atoms with Crippen molar-refractivity contribution < 1.29 is 9.90 Å². The van der Waals surface area contributed by atoms with E-state index in [1.165, 1.54) is 18.4 Å². The van der Waals surface area contributed by atoms with Crippen LogP contribution in [0.1, 0.15) is 34.5 Å². The van der Waals surface area contributed by atoms with Crippen LogP contribution in [0.15, 0.2) is 18.2 Å². The highest BCUT2D eigenvalue weighted by Gasteiger charge is 2.20. The summed E-state index contributed by atoms with van der Waals surface area (Å²) in [6, 6.07) is 5.53. The number of likely N-dealkylation sites (tertiary alicyclic amines) is 1. The van der Waals surface area contributed by atoms with Crippen LogP contribution >= 0.6 is 0 Å². The van der Waals surface area contributed by atoms with Gasteiger partial charge in [0.1, 0.15) is 0 Å². The molecule has 23 heavy (non-hydrogen) atoms. The van der Waals surface area contributed by atoms with Gasteiger partial charge in [0.25, 0.3) is 0 Å². The van der Waals surface area contributed by atoms with Gasteiger partial charge in [-0.1, -0.05) is 6.07 Å². The summed E-state index contributed by atoms with van der Waals surface area (Å²) in [5.74, 6) is -0.858. The Morgan fingerprint density at radius 1 is 1.26 bits per heavy atom. The average Bonchev–Trinajstić information content (AvgIpc) is 3.13. The number of carbonyl (C=O) groups is 1. The lowest BCUT2D eigenvalue weighted by atomic mass is 10.0. The Hall–Kier alpha value is -1.85. The molecule has 2 aromatic rings. The predicted molar refractivity (Wildman–Crippen MR) is 92.1 cm³/mol. The molecule has 0 bridgehead atoms. The molecular formula is C18H25N3O2. The summed E-state index contributed by atoms with van der Waals surface area (Å²) in [7, 11) is 0. The maximum atomic E-state index is 11.7. The molecule has 0 saturated carbocycles. The van der Waals surface area contributed by atoms with Gasteiger partial charge >= 0.3 is 5.97 Å². The summed E-state index contributed by atoms with van der Waals surface area (Å²) in [4.78, 5) is 14.1. The molecule has 5 heteroatoms. The molecule has 3 N–H and O–H groups in total. The highest BCUT2D eigenvalue weighted by molar-refractivity contribution is 6.05. The van der Waals surface area contributed by atoms with Crippen LogP contribution in [0.2, 0.25) is 0 Å². The van der Waals surface area contributed by atoms with Crippen molar-refractivity contribution in [3.05, 3.63) is 35.0 Å². The molecule has 0 atom stereocenters. The monoisotopic (exact) mass is 315 g/mol. The van der Waals surface area contributed by atoms with Crippen LogP contribution < -0.4 is 5.73 Å². The van der Waals surface area contributed by atoms with Crippen LogP contribution in [0, 0.1) is 6.92 Å². The van der Waals surface area contributed by atoms with Gasteiger partial charge in [0.2, 0.25) is 0 Å². The summed E-state index contributed by atoms with van der Waals surface area (Å²) >= 11 is 0. The summed E-state index contributed by atoms with van der Waals surface area (Å²) in [5, 5.41) is 10.5. The van der Waals surface area contributed by atoms with Gasteiger partial charge in [-0.05, 0) is 57.0 Å². The van der Waals surface area contributed by atoms with Crippen molar-refractivity contribution in [3.8, 4) is 0 Å². The molecule has 1 fully saturated rings. The van der Waals surface area contributed by atoms with E-state index in [-0.39, 0.29) is 0 Å². The summed E-state index contributed by atoms with van der Waals surface area (Å²) in [6.45, 7) is 6.66. The van der Waals surface area contributed by atoms with E-state index in [0.29, 0.717) is 12.1 Å². The van der Waals surface area contributed by atoms with Crippen LogP contribution in [0.5, 0.6) is 0 Å². The number of carboxylic acid groups (broad SMARTS) is 1. The first-order valence-corrected chi connectivity index (χ1v) is 8.40. The first kappa shape index (κ1) is 16.0. The molecule has 5 nitrogen and oxygen atoms in total. The van der Waals surface area contributed by atoms with Gasteiger partial charge in [-0.2, -0.15) is 0 Å². The number of nitrogens with zero attached hydrogens (tertiary/aromatic N) is 2. The van der Waals surface area contributed by atoms with E-state index in [1.807, 2.05) is 12.1 Å². The van der Waals surface area contributed by atoms with Gasteiger partial charge < -0.3 is 20.3 Å². The van der Waals surface area contributed by atoms with E-state index in [2.05, 4.69) is 16.4 Å². The summed E-state index contributed by atoms with van der Waals surface area (Å²) in [5.41, 5.74) is 9.46. The highest BCUT2D eigenvalue weighted by Crippen LogP contribution is 2.30. The van der Waals surface area contributed by atoms with Crippen molar-refractivity contribution in [2.24, 2.45) is 5.73 Å². The lowest BCUT2D eigenvalue weighted by Crippen LogP contribution is -2.22.